The molecule has 0 N–H and O–H groups in total. The van der Waals surface area contributed by atoms with Crippen LogP contribution in [-0.4, -0.2) is 9.55 Å². The van der Waals surface area contributed by atoms with E-state index < -0.39 is 0 Å². The van der Waals surface area contributed by atoms with Crippen molar-refractivity contribution in [3.63, 3.8) is 0 Å². The van der Waals surface area contributed by atoms with Gasteiger partial charge in [0, 0.05) is 12.1 Å². The van der Waals surface area contributed by atoms with Gasteiger partial charge in [0.15, 0.2) is 0 Å². The van der Waals surface area contributed by atoms with Crippen LogP contribution in [0.2, 0.25) is 5.02 Å². The lowest BCUT2D eigenvalue weighted by molar-refractivity contribution is 0.728. The normalized spacial score (nSPS) is 11.1. The van der Waals surface area contributed by atoms with Gasteiger partial charge >= 0.3 is 0 Å². The Morgan fingerprint density at radius 1 is 1.09 bits per heavy atom. The molecule has 0 aliphatic rings. The number of rotatable bonds is 2. The van der Waals surface area contributed by atoms with Crippen LogP contribution < -0.4 is 5.56 Å². The highest BCUT2D eigenvalue weighted by atomic mass is 35.5. The fourth-order valence-corrected chi connectivity index (χ4v) is 2.95. The van der Waals surface area contributed by atoms with Crippen molar-refractivity contribution in [1.29, 1.82) is 0 Å². The van der Waals surface area contributed by atoms with Gasteiger partial charge in [0.1, 0.15) is 5.82 Å². The highest BCUT2D eigenvalue weighted by Gasteiger charge is 2.14. The lowest BCUT2D eigenvalue weighted by Crippen LogP contribution is -2.22. The van der Waals surface area contributed by atoms with Crippen LogP contribution in [0.5, 0.6) is 0 Å². The lowest BCUT2D eigenvalue weighted by Gasteiger charge is -2.13. The maximum Gasteiger partial charge on any atom is 0.261 e. The molecular weight excluding hydrogens is 296 g/mol. The summed E-state index contributed by atoms with van der Waals surface area (Å²) in [6, 6.07) is 11.5. The van der Waals surface area contributed by atoms with Gasteiger partial charge in [-0.1, -0.05) is 23.7 Å². The lowest BCUT2D eigenvalue weighted by atomic mass is 10.1. The van der Waals surface area contributed by atoms with Crippen molar-refractivity contribution in [2.45, 2.75) is 27.3 Å². The van der Waals surface area contributed by atoms with E-state index in [0.29, 0.717) is 28.3 Å². The summed E-state index contributed by atoms with van der Waals surface area (Å²) < 4.78 is 1.67. The molecular formula is C18H17ClN2O. The molecule has 0 unspecified atom stereocenters. The minimum absolute atomic E-state index is 0.0286. The summed E-state index contributed by atoms with van der Waals surface area (Å²) in [5.41, 5.74) is 3.63. The predicted molar refractivity (Wildman–Crippen MR) is 91.6 cm³/mol. The first-order valence-electron chi connectivity index (χ1n) is 7.29. The zero-order valence-electron chi connectivity index (χ0n) is 12.9. The molecule has 0 aliphatic carbocycles. The molecule has 3 rings (SSSR count). The molecule has 0 atom stereocenters. The average Bonchev–Trinajstić information content (AvgIpc) is 2.47. The minimum Gasteiger partial charge on any atom is -0.292 e. The van der Waals surface area contributed by atoms with Crippen LogP contribution in [0.25, 0.3) is 22.3 Å². The molecule has 2 aromatic carbocycles. The van der Waals surface area contributed by atoms with E-state index in [1.165, 1.54) is 0 Å². The van der Waals surface area contributed by atoms with Gasteiger partial charge in [-0.25, -0.2) is 4.98 Å². The molecule has 1 heterocycles. The van der Waals surface area contributed by atoms with Crippen LogP contribution >= 0.6 is 11.6 Å². The van der Waals surface area contributed by atoms with Crippen molar-refractivity contribution in [3.8, 4) is 11.4 Å². The molecule has 0 aliphatic heterocycles. The van der Waals surface area contributed by atoms with Gasteiger partial charge in [-0.05, 0) is 56.2 Å². The molecule has 0 bridgehead atoms. The van der Waals surface area contributed by atoms with Crippen molar-refractivity contribution in [2.75, 3.05) is 0 Å². The fourth-order valence-electron chi connectivity index (χ4n) is 2.63. The van der Waals surface area contributed by atoms with Crippen LogP contribution in [0.4, 0.5) is 0 Å². The second-order valence-electron chi connectivity index (χ2n) is 5.49. The molecule has 0 amide bonds. The Bertz CT molecular complexity index is 928. The first-order valence-corrected chi connectivity index (χ1v) is 7.66. The molecule has 0 saturated heterocycles. The second-order valence-corrected chi connectivity index (χ2v) is 5.90. The molecule has 1 aromatic heterocycles. The molecule has 0 radical (unpaired) electrons. The van der Waals surface area contributed by atoms with Gasteiger partial charge in [0.2, 0.25) is 0 Å². The van der Waals surface area contributed by atoms with Crippen LogP contribution in [-0.2, 0) is 6.54 Å². The zero-order chi connectivity index (χ0) is 15.9. The van der Waals surface area contributed by atoms with E-state index in [2.05, 4.69) is 0 Å². The van der Waals surface area contributed by atoms with E-state index in [1.807, 2.05) is 57.2 Å². The summed E-state index contributed by atoms with van der Waals surface area (Å²) in [6.45, 7) is 6.47. The van der Waals surface area contributed by atoms with Crippen molar-refractivity contribution in [3.05, 3.63) is 62.9 Å². The number of hydrogen-bond acceptors (Lipinski definition) is 2. The summed E-state index contributed by atoms with van der Waals surface area (Å²) in [6.07, 6.45) is 0. The quantitative estimate of drug-likeness (QED) is 0.705. The highest BCUT2D eigenvalue weighted by molar-refractivity contribution is 6.33. The molecule has 0 saturated carbocycles. The van der Waals surface area contributed by atoms with Gasteiger partial charge in [-0.15, -0.1) is 0 Å². The zero-order valence-corrected chi connectivity index (χ0v) is 13.6. The Morgan fingerprint density at radius 2 is 1.77 bits per heavy atom. The smallest absolute Gasteiger partial charge is 0.261 e. The van der Waals surface area contributed by atoms with Crippen LogP contribution in [0, 0.1) is 13.8 Å². The van der Waals surface area contributed by atoms with Gasteiger partial charge in [-0.3, -0.25) is 9.36 Å². The van der Waals surface area contributed by atoms with Crippen LogP contribution in [0.15, 0.2) is 41.2 Å². The van der Waals surface area contributed by atoms with Gasteiger partial charge in [0.05, 0.1) is 15.9 Å². The number of benzene rings is 2. The Balaban J connectivity index is 2.39. The molecule has 3 nitrogen and oxygen atoms in total. The maximum atomic E-state index is 12.7. The minimum atomic E-state index is -0.0286. The molecule has 112 valence electrons. The van der Waals surface area contributed by atoms with Crippen molar-refractivity contribution < 1.29 is 0 Å². The summed E-state index contributed by atoms with van der Waals surface area (Å²) >= 11 is 6.37. The van der Waals surface area contributed by atoms with E-state index in [-0.39, 0.29) is 5.56 Å². The predicted octanol–water partition coefficient (Wildman–Crippen LogP) is 4.35. The Kier molecular flexibility index (Phi) is 3.75. The van der Waals surface area contributed by atoms with Crippen LogP contribution in [0.1, 0.15) is 18.1 Å². The molecule has 0 spiro atoms. The second kappa shape index (κ2) is 5.58. The number of hydrogen-bond donors (Lipinski definition) is 0. The number of halogens is 1. The highest BCUT2D eigenvalue weighted by Crippen LogP contribution is 2.28. The summed E-state index contributed by atoms with van der Waals surface area (Å²) in [7, 11) is 0. The first-order chi connectivity index (χ1) is 10.5. The summed E-state index contributed by atoms with van der Waals surface area (Å²) in [5.74, 6) is 0.621. The number of fused-ring (bicyclic) bond motifs is 1. The Hall–Kier alpha value is -2.13. The summed E-state index contributed by atoms with van der Waals surface area (Å²) in [4.78, 5) is 17.4. The number of nitrogens with zero attached hydrogens (tertiary/aromatic N) is 2. The van der Waals surface area contributed by atoms with E-state index in [9.17, 15) is 4.79 Å². The molecule has 22 heavy (non-hydrogen) atoms. The van der Waals surface area contributed by atoms with Crippen molar-refractivity contribution in [1.82, 2.24) is 9.55 Å². The molecule has 3 aromatic rings. The Morgan fingerprint density at radius 3 is 2.45 bits per heavy atom. The largest absolute Gasteiger partial charge is 0.292 e. The fraction of sp³-hybridized carbons (Fsp3) is 0.222. The SMILES string of the molecule is CCn1c(-c2ccc(C)cc2Cl)nc2cc(C)ccc2c1=O. The standard InChI is InChI=1S/C18H17ClN2O/c1-4-21-17(13-7-5-11(2)9-15(13)19)20-16-10-12(3)6-8-14(16)18(21)22/h5-10H,4H2,1-3H3. The Labute approximate surface area is 134 Å². The monoisotopic (exact) mass is 312 g/mol. The third kappa shape index (κ3) is 2.42. The van der Waals surface area contributed by atoms with Gasteiger partial charge in [0.25, 0.3) is 5.56 Å². The maximum absolute atomic E-state index is 12.7. The number of aryl methyl sites for hydroxylation is 2. The van der Waals surface area contributed by atoms with Crippen molar-refractivity contribution in [2.24, 2.45) is 0 Å². The molecule has 0 fully saturated rings. The van der Waals surface area contributed by atoms with Gasteiger partial charge in [-0.2, -0.15) is 0 Å². The van der Waals surface area contributed by atoms with Gasteiger partial charge < -0.3 is 0 Å². The third-order valence-corrected chi connectivity index (χ3v) is 4.11. The van der Waals surface area contributed by atoms with E-state index in [0.717, 1.165) is 16.7 Å². The number of aromatic nitrogens is 2. The molecule has 4 heteroatoms. The third-order valence-electron chi connectivity index (χ3n) is 3.79. The first kappa shape index (κ1) is 14.8. The summed E-state index contributed by atoms with van der Waals surface area (Å²) in [5, 5.41) is 1.25. The van der Waals surface area contributed by atoms with Crippen molar-refractivity contribution >= 4 is 22.5 Å². The van der Waals surface area contributed by atoms with Crippen LogP contribution in [0.3, 0.4) is 0 Å². The average molecular weight is 313 g/mol. The van der Waals surface area contributed by atoms with E-state index in [4.69, 9.17) is 16.6 Å². The van der Waals surface area contributed by atoms with E-state index >= 15 is 0 Å². The van der Waals surface area contributed by atoms with E-state index in [1.54, 1.807) is 4.57 Å². The topological polar surface area (TPSA) is 34.9 Å².